The summed E-state index contributed by atoms with van der Waals surface area (Å²) in [4.78, 5) is 27.1. The molecule has 0 aromatic carbocycles. The number of rotatable bonds is 9. The van der Waals surface area contributed by atoms with Crippen molar-refractivity contribution in [1.82, 2.24) is 10.6 Å². The van der Waals surface area contributed by atoms with E-state index in [2.05, 4.69) is 15.5 Å². The number of unbranched alkanes of at least 4 members (excludes halogenated alkanes) is 1. The molecule has 0 aromatic heterocycles. The molecular formula is C13H23N3O4S. The van der Waals surface area contributed by atoms with Crippen LogP contribution in [-0.2, 0) is 14.4 Å². The lowest BCUT2D eigenvalue weighted by molar-refractivity contribution is -0.144. The van der Waals surface area contributed by atoms with Gasteiger partial charge in [-0.25, -0.2) is 10.7 Å². The number of fused-ring (bicyclic) bond motifs is 1. The molecule has 0 aliphatic carbocycles. The molecule has 2 heterocycles. The molecule has 0 radical (unpaired) electrons. The van der Waals surface area contributed by atoms with E-state index in [4.69, 9.17) is 10.6 Å². The zero-order chi connectivity index (χ0) is 15.1. The van der Waals surface area contributed by atoms with Crippen LogP contribution in [0.1, 0.15) is 32.1 Å². The van der Waals surface area contributed by atoms with Gasteiger partial charge in [0, 0.05) is 23.8 Å². The van der Waals surface area contributed by atoms with E-state index in [0.29, 0.717) is 31.3 Å². The molecule has 2 saturated heterocycles. The van der Waals surface area contributed by atoms with Gasteiger partial charge >= 0.3 is 12.0 Å². The van der Waals surface area contributed by atoms with Gasteiger partial charge in [-0.2, -0.15) is 11.8 Å². The van der Waals surface area contributed by atoms with Crippen LogP contribution >= 0.6 is 11.8 Å². The van der Waals surface area contributed by atoms with Gasteiger partial charge in [0.1, 0.15) is 0 Å². The average Bonchev–Trinajstić information content (AvgIpc) is 2.99. The lowest BCUT2D eigenvalue weighted by Gasteiger charge is -2.16. The third-order valence-electron chi connectivity index (χ3n) is 3.73. The van der Waals surface area contributed by atoms with E-state index in [1.165, 1.54) is 0 Å². The smallest absolute Gasteiger partial charge is 0.315 e. The molecule has 8 heteroatoms. The molecule has 3 atom stereocenters. The van der Waals surface area contributed by atoms with Crippen LogP contribution in [0.5, 0.6) is 0 Å². The molecule has 0 bridgehead atoms. The monoisotopic (exact) mass is 317 g/mol. The second-order valence-corrected chi connectivity index (χ2v) is 6.58. The van der Waals surface area contributed by atoms with E-state index in [9.17, 15) is 9.59 Å². The van der Waals surface area contributed by atoms with Crippen LogP contribution in [0, 0.1) is 0 Å². The van der Waals surface area contributed by atoms with Gasteiger partial charge in [0.15, 0.2) is 0 Å². The van der Waals surface area contributed by atoms with Crippen molar-refractivity contribution in [3.05, 3.63) is 0 Å². The summed E-state index contributed by atoms with van der Waals surface area (Å²) in [6, 6.07) is 0.452. The molecule has 120 valence electrons. The van der Waals surface area contributed by atoms with Gasteiger partial charge < -0.3 is 20.2 Å². The van der Waals surface area contributed by atoms with Gasteiger partial charge in [-0.1, -0.05) is 6.42 Å². The Labute approximate surface area is 128 Å². The summed E-state index contributed by atoms with van der Waals surface area (Å²) in [6.45, 7) is 0.754. The van der Waals surface area contributed by atoms with Crippen molar-refractivity contribution in [2.24, 2.45) is 5.90 Å². The molecule has 0 saturated carbocycles. The van der Waals surface area contributed by atoms with Gasteiger partial charge in [-0.3, -0.25) is 4.79 Å². The van der Waals surface area contributed by atoms with Gasteiger partial charge in [0.25, 0.3) is 0 Å². The predicted molar refractivity (Wildman–Crippen MR) is 79.7 cm³/mol. The fraction of sp³-hybridized carbons (Fsp3) is 0.846. The fourth-order valence-corrected chi connectivity index (χ4v) is 4.20. The average molecular weight is 317 g/mol. The number of carbonyl (C=O) groups is 2. The Morgan fingerprint density at radius 3 is 2.95 bits per heavy atom. The minimum absolute atomic E-state index is 0.0552. The minimum atomic E-state index is -0.167. The molecule has 4 N–H and O–H groups in total. The fourth-order valence-electron chi connectivity index (χ4n) is 2.66. The van der Waals surface area contributed by atoms with Gasteiger partial charge in [0.05, 0.1) is 25.3 Å². The van der Waals surface area contributed by atoms with E-state index >= 15 is 0 Å². The van der Waals surface area contributed by atoms with Crippen molar-refractivity contribution in [2.75, 3.05) is 19.0 Å². The highest BCUT2D eigenvalue weighted by Crippen LogP contribution is 2.33. The topological polar surface area (TPSA) is 103 Å². The van der Waals surface area contributed by atoms with Crippen molar-refractivity contribution in [2.45, 2.75) is 49.4 Å². The number of carbonyl (C=O) groups excluding carboxylic acids is 2. The maximum atomic E-state index is 11.5. The summed E-state index contributed by atoms with van der Waals surface area (Å²) < 4.78 is 5.05. The molecule has 2 fully saturated rings. The Morgan fingerprint density at radius 2 is 2.14 bits per heavy atom. The van der Waals surface area contributed by atoms with Gasteiger partial charge in [-0.05, 0) is 12.8 Å². The number of urea groups is 1. The maximum Gasteiger partial charge on any atom is 0.315 e. The molecule has 2 aliphatic rings. The minimum Gasteiger partial charge on any atom is -0.466 e. The first-order valence-corrected chi connectivity index (χ1v) is 8.41. The molecule has 2 rings (SSSR count). The summed E-state index contributed by atoms with van der Waals surface area (Å²) in [7, 11) is 0. The zero-order valence-corrected chi connectivity index (χ0v) is 12.8. The molecule has 0 aromatic rings. The molecular weight excluding hydrogens is 294 g/mol. The number of amides is 2. The molecule has 0 spiro atoms. The normalized spacial score (nSPS) is 27.1. The highest BCUT2D eigenvalue weighted by Gasteiger charge is 2.42. The molecule has 2 amide bonds. The molecule has 2 aliphatic heterocycles. The van der Waals surface area contributed by atoms with E-state index in [1.54, 1.807) is 0 Å². The van der Waals surface area contributed by atoms with E-state index in [1.807, 2.05) is 11.8 Å². The molecule has 0 unspecified atom stereocenters. The maximum absolute atomic E-state index is 11.5. The van der Waals surface area contributed by atoms with Crippen molar-refractivity contribution >= 4 is 23.8 Å². The lowest BCUT2D eigenvalue weighted by Crippen LogP contribution is -2.36. The van der Waals surface area contributed by atoms with Crippen LogP contribution in [0.3, 0.4) is 0 Å². The Kier molecular flexibility index (Phi) is 6.59. The van der Waals surface area contributed by atoms with Crippen LogP contribution in [0.15, 0.2) is 0 Å². The highest BCUT2D eigenvalue weighted by atomic mass is 32.2. The number of hydrogen-bond donors (Lipinski definition) is 3. The Bertz CT molecular complexity index is 369. The molecule has 21 heavy (non-hydrogen) atoms. The SMILES string of the molecule is NOCCCOC(=O)CCCC[C@@H]1SC[C@@H]2NC(=O)N[C@@H]21. The first-order chi connectivity index (χ1) is 10.2. The summed E-state index contributed by atoms with van der Waals surface area (Å²) in [5, 5.41) is 6.35. The van der Waals surface area contributed by atoms with Crippen molar-refractivity contribution in [3.63, 3.8) is 0 Å². The number of nitrogens with two attached hydrogens (primary N) is 1. The van der Waals surface area contributed by atoms with Crippen LogP contribution in [0.4, 0.5) is 4.79 Å². The summed E-state index contributed by atoms with van der Waals surface area (Å²) in [5.74, 6) is 5.68. The third kappa shape index (κ3) is 5.05. The number of hydrogen-bond acceptors (Lipinski definition) is 6. The van der Waals surface area contributed by atoms with Gasteiger partial charge in [0.2, 0.25) is 0 Å². The third-order valence-corrected chi connectivity index (χ3v) is 5.24. The number of thioether (sulfide) groups is 1. The van der Waals surface area contributed by atoms with Crippen molar-refractivity contribution in [1.29, 1.82) is 0 Å². The standard InChI is InChI=1S/C13H23N3O4S/c14-20-7-3-6-19-11(17)5-2-1-4-10-12-9(8-21-10)15-13(18)16-12/h9-10,12H,1-8,14H2,(H2,15,16,18)/t9-,10-,12-/m0/s1. The van der Waals surface area contributed by atoms with Crippen molar-refractivity contribution < 1.29 is 19.2 Å². The number of nitrogens with one attached hydrogen (secondary N) is 2. The first kappa shape index (κ1) is 16.4. The highest BCUT2D eigenvalue weighted by molar-refractivity contribution is 8.00. The number of esters is 1. The van der Waals surface area contributed by atoms with Crippen LogP contribution < -0.4 is 16.5 Å². The first-order valence-electron chi connectivity index (χ1n) is 7.36. The Morgan fingerprint density at radius 1 is 1.29 bits per heavy atom. The second kappa shape index (κ2) is 8.45. The quantitative estimate of drug-likeness (QED) is 0.248. The van der Waals surface area contributed by atoms with Crippen LogP contribution in [0.25, 0.3) is 0 Å². The summed E-state index contributed by atoms with van der Waals surface area (Å²) in [5.41, 5.74) is 0. The Hall–Kier alpha value is -0.990. The Balaban J connectivity index is 1.52. The van der Waals surface area contributed by atoms with Gasteiger partial charge in [-0.15, -0.1) is 0 Å². The van der Waals surface area contributed by atoms with Crippen molar-refractivity contribution in [3.8, 4) is 0 Å². The summed E-state index contributed by atoms with van der Waals surface area (Å²) in [6.07, 6.45) is 3.87. The van der Waals surface area contributed by atoms with Crippen LogP contribution in [-0.4, -0.2) is 48.3 Å². The second-order valence-electron chi connectivity index (χ2n) is 5.31. The zero-order valence-electron chi connectivity index (χ0n) is 12.0. The van der Waals surface area contributed by atoms with Crippen LogP contribution in [0.2, 0.25) is 0 Å². The lowest BCUT2D eigenvalue weighted by atomic mass is 10.0. The largest absolute Gasteiger partial charge is 0.466 e. The summed E-state index contributed by atoms with van der Waals surface area (Å²) >= 11 is 1.90. The number of ether oxygens (including phenoxy) is 1. The predicted octanol–water partition coefficient (Wildman–Crippen LogP) is 0.536. The van der Waals surface area contributed by atoms with E-state index < -0.39 is 0 Å². The van der Waals surface area contributed by atoms with E-state index in [-0.39, 0.29) is 24.1 Å². The van der Waals surface area contributed by atoms with E-state index in [0.717, 1.165) is 25.0 Å². The molecule has 7 nitrogen and oxygen atoms in total.